The third-order valence-electron chi connectivity index (χ3n) is 10.3. The minimum atomic E-state index is -0.266. The Morgan fingerprint density at radius 1 is 0.971 bits per heavy atom. The highest BCUT2D eigenvalue weighted by Gasteiger charge is 2.80. The molecule has 0 amide bonds. The first-order chi connectivity index (χ1) is 16.0. The van der Waals surface area contributed by atoms with Crippen LogP contribution in [0.1, 0.15) is 76.7 Å². The fraction of sp³-hybridized carbons (Fsp3) is 0.731. The largest absolute Gasteiger partial charge is 0.431 e. The van der Waals surface area contributed by atoms with Crippen LogP contribution in [0.2, 0.25) is 0 Å². The van der Waals surface area contributed by atoms with Crippen molar-refractivity contribution in [2.24, 2.45) is 28.6 Å². The van der Waals surface area contributed by atoms with Crippen molar-refractivity contribution >= 4 is 46.4 Å². The molecule has 5 fully saturated rings. The van der Waals surface area contributed by atoms with E-state index in [0.29, 0.717) is 29.3 Å². The smallest absolute Gasteiger partial charge is 0.335 e. The van der Waals surface area contributed by atoms with Crippen LogP contribution in [0.15, 0.2) is 36.6 Å². The van der Waals surface area contributed by atoms with Crippen molar-refractivity contribution in [2.45, 2.75) is 88.9 Å². The number of fused-ring (bicyclic) bond motifs is 3. The van der Waals surface area contributed by atoms with Crippen molar-refractivity contribution in [3.8, 4) is 0 Å². The van der Waals surface area contributed by atoms with Gasteiger partial charge in [0.1, 0.15) is 14.6 Å². The van der Waals surface area contributed by atoms with Gasteiger partial charge < -0.3 is 14.3 Å². The van der Waals surface area contributed by atoms with Gasteiger partial charge in [0.05, 0.1) is 18.5 Å². The Kier molecular flexibility index (Phi) is 6.70. The van der Waals surface area contributed by atoms with Crippen LogP contribution in [0.3, 0.4) is 0 Å². The van der Waals surface area contributed by atoms with Crippen molar-refractivity contribution in [1.29, 1.82) is 0 Å². The average molecular weight is 550 g/mol. The Balaban J connectivity index is 0.000000360. The van der Waals surface area contributed by atoms with Crippen LogP contribution in [0.5, 0.6) is 0 Å². The van der Waals surface area contributed by atoms with Gasteiger partial charge in [-0.1, -0.05) is 60.3 Å². The van der Waals surface area contributed by atoms with E-state index in [1.54, 1.807) is 12.3 Å². The summed E-state index contributed by atoms with van der Waals surface area (Å²) in [5.41, 5.74) is 1.44. The molecule has 4 saturated carbocycles. The molecule has 2 heterocycles. The molecule has 1 N–H and O–H groups in total. The van der Waals surface area contributed by atoms with Gasteiger partial charge in [0.2, 0.25) is 0 Å². The molecular weight excluding hydrogens is 518 g/mol. The molecule has 8 heteroatoms. The third kappa shape index (κ3) is 3.82. The quantitative estimate of drug-likeness (QED) is 0.372. The summed E-state index contributed by atoms with van der Waals surface area (Å²) in [6.45, 7) is 4.97. The molecule has 0 radical (unpaired) electrons. The second-order valence-electron chi connectivity index (χ2n) is 11.5. The first-order valence-electron chi connectivity index (χ1n) is 12.3. The molecule has 0 aromatic carbocycles. The molecule has 0 unspecified atom stereocenters. The van der Waals surface area contributed by atoms with Crippen molar-refractivity contribution in [3.63, 3.8) is 0 Å². The van der Waals surface area contributed by atoms with E-state index in [0.717, 1.165) is 25.2 Å². The van der Waals surface area contributed by atoms with Gasteiger partial charge in [-0.05, 0) is 92.1 Å². The number of aliphatic hydroxyl groups excluding tert-OH is 1. The Morgan fingerprint density at radius 3 is 2.35 bits per heavy atom. The first-order valence-corrected chi connectivity index (χ1v) is 13.8. The second kappa shape index (κ2) is 8.96. The molecule has 4 aliphatic carbocycles. The van der Waals surface area contributed by atoms with E-state index in [9.17, 15) is 9.90 Å². The maximum atomic E-state index is 11.4. The van der Waals surface area contributed by atoms with Gasteiger partial charge >= 0.3 is 5.63 Å². The Morgan fingerprint density at radius 2 is 1.71 bits per heavy atom. The summed E-state index contributed by atoms with van der Waals surface area (Å²) in [4.78, 5) is 11.4. The Labute approximate surface area is 220 Å². The van der Waals surface area contributed by atoms with E-state index < -0.39 is 0 Å². The summed E-state index contributed by atoms with van der Waals surface area (Å²) in [6, 6.07) is 3.55. The lowest BCUT2D eigenvalue weighted by atomic mass is 9.44. The maximum absolute atomic E-state index is 11.4. The monoisotopic (exact) mass is 548 g/mol. The van der Waals surface area contributed by atoms with E-state index in [1.165, 1.54) is 37.7 Å². The van der Waals surface area contributed by atoms with Crippen LogP contribution in [-0.2, 0) is 4.74 Å². The van der Waals surface area contributed by atoms with Crippen LogP contribution in [0.4, 0.5) is 0 Å². The molecule has 5 aliphatic rings. The molecular formula is C26H32Cl4O4. The number of ether oxygens (including phenoxy) is 1. The summed E-state index contributed by atoms with van der Waals surface area (Å²) in [6.07, 6.45) is 11.1. The van der Waals surface area contributed by atoms with Gasteiger partial charge in [-0.3, -0.25) is 0 Å². The number of hydrogen-bond acceptors (Lipinski definition) is 4. The van der Waals surface area contributed by atoms with Crippen LogP contribution >= 0.6 is 46.4 Å². The molecule has 1 aliphatic heterocycles. The topological polar surface area (TPSA) is 63.0 Å². The van der Waals surface area contributed by atoms with Gasteiger partial charge in [0, 0.05) is 11.5 Å². The average Bonchev–Trinajstić information content (AvgIpc) is 3.45. The van der Waals surface area contributed by atoms with Gasteiger partial charge in [-0.2, -0.15) is 0 Å². The number of epoxide rings is 1. The second-order valence-corrected chi connectivity index (χ2v) is 13.4. The van der Waals surface area contributed by atoms with E-state index in [4.69, 9.17) is 55.6 Å². The maximum Gasteiger partial charge on any atom is 0.335 e. The summed E-state index contributed by atoms with van der Waals surface area (Å²) in [5, 5.41) is 10.2. The standard InChI is InChI=1S/C24H32O4.C2Cl4/c1-22-9-7-16(25)11-15(22)4-5-18-17(22)8-10-23(2)19(12-20-24(18,23)28-20)14-3-6-21(26)27-13-14;3-1(4)2(5)6/h3,6,13,15-20,25H,4-5,7-12H2,1-2H3;/t15-,16+,17+,18-,19-,20-,22+,23-,24-;/m1./s1. The van der Waals surface area contributed by atoms with Crippen LogP contribution < -0.4 is 5.63 Å². The molecule has 1 spiro atoms. The molecule has 0 bridgehead atoms. The minimum Gasteiger partial charge on any atom is -0.431 e. The van der Waals surface area contributed by atoms with E-state index in [-0.39, 0.29) is 31.7 Å². The lowest BCUT2D eigenvalue weighted by molar-refractivity contribution is -0.139. The highest BCUT2D eigenvalue weighted by atomic mass is 35.5. The molecule has 1 saturated heterocycles. The van der Waals surface area contributed by atoms with Crippen LogP contribution in [-0.4, -0.2) is 22.9 Å². The molecule has 4 nitrogen and oxygen atoms in total. The van der Waals surface area contributed by atoms with E-state index >= 15 is 0 Å². The fourth-order valence-electron chi connectivity index (χ4n) is 8.74. The first kappa shape index (κ1) is 25.4. The summed E-state index contributed by atoms with van der Waals surface area (Å²) in [5.74, 6) is 2.48. The van der Waals surface area contributed by atoms with Gasteiger partial charge in [-0.15, -0.1) is 0 Å². The number of rotatable bonds is 1. The van der Waals surface area contributed by atoms with Gasteiger partial charge in [0.25, 0.3) is 0 Å². The number of halogens is 4. The zero-order valence-corrected chi connectivity index (χ0v) is 22.6. The summed E-state index contributed by atoms with van der Waals surface area (Å²) in [7, 11) is 0. The zero-order chi connectivity index (χ0) is 24.5. The zero-order valence-electron chi connectivity index (χ0n) is 19.5. The predicted octanol–water partition coefficient (Wildman–Crippen LogP) is 7.33. The predicted molar refractivity (Wildman–Crippen MR) is 135 cm³/mol. The van der Waals surface area contributed by atoms with Crippen molar-refractivity contribution < 1.29 is 14.3 Å². The lowest BCUT2D eigenvalue weighted by Crippen LogP contribution is -2.58. The van der Waals surface area contributed by atoms with Gasteiger partial charge in [0.15, 0.2) is 0 Å². The highest BCUT2D eigenvalue weighted by molar-refractivity contribution is 6.67. The lowest BCUT2D eigenvalue weighted by Gasteiger charge is -2.61. The van der Waals surface area contributed by atoms with Crippen LogP contribution in [0.25, 0.3) is 0 Å². The summed E-state index contributed by atoms with van der Waals surface area (Å²) >= 11 is 20.0. The normalized spacial score (nSPS) is 46.1. The summed E-state index contributed by atoms with van der Waals surface area (Å²) < 4.78 is 11.6. The highest BCUT2D eigenvalue weighted by Crippen LogP contribution is 2.77. The molecule has 1 aromatic rings. The van der Waals surface area contributed by atoms with Crippen LogP contribution in [0, 0.1) is 28.6 Å². The Bertz CT molecular complexity index is 1000. The Hall–Kier alpha value is -0.230. The minimum absolute atomic E-state index is 0.0285. The SMILES string of the molecule is C[C@]12CC[C@H](O)C[C@H]1CC[C@@H]1[C@@H]2CC[C@]2(C)[C@@H](c3ccc(=O)oc3)C[C@H]3O[C@]132.ClC(Cl)=C(Cl)Cl. The van der Waals surface area contributed by atoms with E-state index in [1.807, 2.05) is 6.07 Å². The molecule has 1 aromatic heterocycles. The molecule has 9 atom stereocenters. The van der Waals surface area contributed by atoms with Crippen molar-refractivity contribution in [1.82, 2.24) is 0 Å². The van der Waals surface area contributed by atoms with Gasteiger partial charge in [-0.25, -0.2) is 4.79 Å². The number of aliphatic hydroxyl groups is 1. The molecule has 6 rings (SSSR count). The van der Waals surface area contributed by atoms with Crippen molar-refractivity contribution in [3.05, 3.63) is 43.4 Å². The molecule has 188 valence electrons. The molecule has 34 heavy (non-hydrogen) atoms. The third-order valence-corrected chi connectivity index (χ3v) is 11.5. The van der Waals surface area contributed by atoms with E-state index in [2.05, 4.69) is 13.8 Å². The number of hydrogen-bond donors (Lipinski definition) is 1. The fourth-order valence-corrected chi connectivity index (χ4v) is 8.74. The van der Waals surface area contributed by atoms with Crippen molar-refractivity contribution in [2.75, 3.05) is 0 Å².